The quantitative estimate of drug-likeness (QED) is 0.279. The van der Waals surface area contributed by atoms with Crippen LogP contribution < -0.4 is 15.4 Å². The molecule has 0 spiro atoms. The number of ether oxygens (including phenoxy) is 2. The molecule has 0 radical (unpaired) electrons. The van der Waals surface area contributed by atoms with Crippen LogP contribution in [0.5, 0.6) is 5.75 Å². The van der Waals surface area contributed by atoms with Crippen molar-refractivity contribution in [1.29, 1.82) is 0 Å². The van der Waals surface area contributed by atoms with Gasteiger partial charge in [0.25, 0.3) is 0 Å². The van der Waals surface area contributed by atoms with Gasteiger partial charge in [-0.2, -0.15) is 0 Å². The van der Waals surface area contributed by atoms with E-state index in [0.717, 1.165) is 50.9 Å². The summed E-state index contributed by atoms with van der Waals surface area (Å²) in [7, 11) is 1.79. The van der Waals surface area contributed by atoms with Crippen molar-refractivity contribution in [3.05, 3.63) is 29.3 Å². The predicted molar refractivity (Wildman–Crippen MR) is 110 cm³/mol. The van der Waals surface area contributed by atoms with Crippen molar-refractivity contribution in [2.24, 2.45) is 10.9 Å². The summed E-state index contributed by atoms with van der Waals surface area (Å²) < 4.78 is 11.1. The monoisotopic (exact) mass is 447 g/mol. The van der Waals surface area contributed by atoms with Crippen molar-refractivity contribution < 1.29 is 9.47 Å². The van der Waals surface area contributed by atoms with Gasteiger partial charge in [-0.05, 0) is 29.5 Å². The molecular weight excluding hydrogens is 417 g/mol. The minimum absolute atomic E-state index is 0. The minimum Gasteiger partial charge on any atom is -0.493 e. The lowest BCUT2D eigenvalue weighted by Gasteiger charge is -2.13. The van der Waals surface area contributed by atoms with Crippen LogP contribution in [0, 0.1) is 5.92 Å². The molecule has 0 saturated carbocycles. The van der Waals surface area contributed by atoms with E-state index in [1.165, 1.54) is 11.1 Å². The maximum atomic E-state index is 5.55. The molecule has 0 unspecified atom stereocenters. The lowest BCUT2D eigenvalue weighted by Crippen LogP contribution is -2.39. The third kappa shape index (κ3) is 7.25. The van der Waals surface area contributed by atoms with Crippen molar-refractivity contribution >= 4 is 29.9 Å². The molecule has 0 amide bonds. The third-order valence-corrected chi connectivity index (χ3v) is 3.67. The maximum absolute atomic E-state index is 5.55. The van der Waals surface area contributed by atoms with Crippen molar-refractivity contribution in [1.82, 2.24) is 10.6 Å². The number of benzene rings is 1. The Balaban J connectivity index is 0.00000288. The second-order valence-corrected chi connectivity index (χ2v) is 6.19. The molecule has 136 valence electrons. The van der Waals surface area contributed by atoms with E-state index >= 15 is 0 Å². The van der Waals surface area contributed by atoms with E-state index in [0.29, 0.717) is 12.5 Å². The Labute approximate surface area is 162 Å². The van der Waals surface area contributed by atoms with Gasteiger partial charge in [-0.3, -0.25) is 4.99 Å². The van der Waals surface area contributed by atoms with Crippen LogP contribution in [0.1, 0.15) is 25.0 Å². The fraction of sp³-hybridized carbons (Fsp3) is 0.611. The predicted octanol–water partition coefficient (Wildman–Crippen LogP) is 2.62. The Morgan fingerprint density at radius 1 is 1.29 bits per heavy atom. The van der Waals surface area contributed by atoms with Crippen molar-refractivity contribution in [3.8, 4) is 5.75 Å². The van der Waals surface area contributed by atoms with E-state index in [2.05, 4.69) is 47.7 Å². The molecule has 2 rings (SSSR count). The van der Waals surface area contributed by atoms with Gasteiger partial charge in [0.15, 0.2) is 5.96 Å². The number of fused-ring (bicyclic) bond motifs is 1. The first-order valence-electron chi connectivity index (χ1n) is 8.46. The summed E-state index contributed by atoms with van der Waals surface area (Å²) in [6.45, 7) is 8.23. The molecule has 24 heavy (non-hydrogen) atoms. The highest BCUT2D eigenvalue weighted by molar-refractivity contribution is 14.0. The molecule has 2 N–H and O–H groups in total. The number of rotatable bonds is 8. The maximum Gasteiger partial charge on any atom is 0.191 e. The summed E-state index contributed by atoms with van der Waals surface area (Å²) >= 11 is 0. The standard InChI is InChI=1S/C18H29N3O2.HI/c1-14(2)13-22-11-9-21-18(19-3)20-8-6-15-4-5-17-16(12-15)7-10-23-17;/h4-5,12,14H,6-11,13H2,1-3H3,(H2,19,20,21);1H. The molecule has 0 saturated heterocycles. The molecule has 0 aliphatic carbocycles. The molecule has 1 aliphatic heterocycles. The lowest BCUT2D eigenvalue weighted by atomic mass is 10.1. The first kappa shape index (κ1) is 21.0. The van der Waals surface area contributed by atoms with Gasteiger partial charge in [-0.25, -0.2) is 0 Å². The van der Waals surface area contributed by atoms with Crippen LogP contribution in [-0.2, 0) is 17.6 Å². The molecule has 0 aromatic heterocycles. The normalized spacial score (nSPS) is 13.2. The van der Waals surface area contributed by atoms with Gasteiger partial charge in [-0.1, -0.05) is 26.0 Å². The molecule has 1 aliphatic rings. The van der Waals surface area contributed by atoms with Crippen LogP contribution in [-0.4, -0.2) is 45.9 Å². The van der Waals surface area contributed by atoms with Crippen LogP contribution in [0.3, 0.4) is 0 Å². The van der Waals surface area contributed by atoms with Gasteiger partial charge in [0, 0.05) is 33.2 Å². The number of aliphatic imine (C=N–C) groups is 1. The Kier molecular flexibility index (Phi) is 10.1. The summed E-state index contributed by atoms with van der Waals surface area (Å²) in [6, 6.07) is 6.47. The van der Waals surface area contributed by atoms with Crippen LogP contribution in [0.2, 0.25) is 0 Å². The Bertz CT molecular complexity index is 521. The molecule has 0 fully saturated rings. The fourth-order valence-corrected chi connectivity index (χ4v) is 2.50. The highest BCUT2D eigenvalue weighted by Gasteiger charge is 2.11. The first-order chi connectivity index (χ1) is 11.2. The first-order valence-corrected chi connectivity index (χ1v) is 8.46. The van der Waals surface area contributed by atoms with E-state index in [1.807, 2.05) is 0 Å². The molecular formula is C18H30IN3O2. The Morgan fingerprint density at radius 3 is 2.83 bits per heavy atom. The van der Waals surface area contributed by atoms with Crippen molar-refractivity contribution in [3.63, 3.8) is 0 Å². The zero-order chi connectivity index (χ0) is 16.5. The van der Waals surface area contributed by atoms with Gasteiger partial charge in [0.2, 0.25) is 0 Å². The Morgan fingerprint density at radius 2 is 2.08 bits per heavy atom. The lowest BCUT2D eigenvalue weighted by molar-refractivity contribution is 0.114. The van der Waals surface area contributed by atoms with Gasteiger partial charge in [0.1, 0.15) is 5.75 Å². The Hall–Kier alpha value is -1.02. The zero-order valence-corrected chi connectivity index (χ0v) is 17.3. The van der Waals surface area contributed by atoms with E-state index in [-0.39, 0.29) is 24.0 Å². The van der Waals surface area contributed by atoms with E-state index in [9.17, 15) is 0 Å². The summed E-state index contributed by atoms with van der Waals surface area (Å²) in [5.41, 5.74) is 2.66. The van der Waals surface area contributed by atoms with E-state index in [4.69, 9.17) is 9.47 Å². The van der Waals surface area contributed by atoms with Crippen LogP contribution in [0.25, 0.3) is 0 Å². The minimum atomic E-state index is 0. The molecule has 0 atom stereocenters. The molecule has 5 nitrogen and oxygen atoms in total. The van der Waals surface area contributed by atoms with Crippen LogP contribution >= 0.6 is 24.0 Å². The van der Waals surface area contributed by atoms with Crippen LogP contribution in [0.15, 0.2) is 23.2 Å². The summed E-state index contributed by atoms with van der Waals surface area (Å²) in [5, 5.41) is 6.60. The summed E-state index contributed by atoms with van der Waals surface area (Å²) in [4.78, 5) is 4.23. The second-order valence-electron chi connectivity index (χ2n) is 6.19. The molecule has 0 bridgehead atoms. The average Bonchev–Trinajstić information content (AvgIpc) is 3.00. The molecule has 6 heteroatoms. The largest absolute Gasteiger partial charge is 0.493 e. The number of nitrogens with zero attached hydrogens (tertiary/aromatic N) is 1. The SMILES string of the molecule is CN=C(NCCOCC(C)C)NCCc1ccc2c(c1)CCO2.I. The third-order valence-electron chi connectivity index (χ3n) is 3.67. The van der Waals surface area contributed by atoms with Crippen molar-refractivity contribution in [2.45, 2.75) is 26.7 Å². The highest BCUT2D eigenvalue weighted by atomic mass is 127. The highest BCUT2D eigenvalue weighted by Crippen LogP contribution is 2.25. The number of guanidine groups is 1. The van der Waals surface area contributed by atoms with E-state index < -0.39 is 0 Å². The number of halogens is 1. The molecule has 1 heterocycles. The average molecular weight is 447 g/mol. The van der Waals surface area contributed by atoms with Crippen molar-refractivity contribution in [2.75, 3.05) is 40.0 Å². The van der Waals surface area contributed by atoms with Crippen LogP contribution in [0.4, 0.5) is 0 Å². The van der Waals surface area contributed by atoms with Gasteiger partial charge >= 0.3 is 0 Å². The van der Waals surface area contributed by atoms with Gasteiger partial charge < -0.3 is 20.1 Å². The fourth-order valence-electron chi connectivity index (χ4n) is 2.50. The topological polar surface area (TPSA) is 54.9 Å². The summed E-state index contributed by atoms with van der Waals surface area (Å²) in [6.07, 6.45) is 1.99. The molecule has 1 aromatic carbocycles. The number of nitrogens with one attached hydrogen (secondary N) is 2. The zero-order valence-electron chi connectivity index (χ0n) is 14.9. The van der Waals surface area contributed by atoms with Gasteiger partial charge in [0.05, 0.1) is 13.2 Å². The molecule has 1 aromatic rings. The second kappa shape index (κ2) is 11.5. The van der Waals surface area contributed by atoms with Gasteiger partial charge in [-0.15, -0.1) is 24.0 Å². The number of hydrogen-bond donors (Lipinski definition) is 2. The van der Waals surface area contributed by atoms with E-state index in [1.54, 1.807) is 7.05 Å². The smallest absolute Gasteiger partial charge is 0.191 e. The summed E-state index contributed by atoms with van der Waals surface area (Å²) in [5.74, 6) is 2.44. The number of hydrogen-bond acceptors (Lipinski definition) is 3.